The fourth-order valence-corrected chi connectivity index (χ4v) is 13.4. The third kappa shape index (κ3) is 72.5. The number of nitrogens with one attached hydrogen (secondary N) is 1. The van der Waals surface area contributed by atoms with E-state index in [1.54, 1.807) is 6.08 Å². The Morgan fingerprint density at radius 1 is 0.379 bits per heavy atom. The van der Waals surface area contributed by atoms with Gasteiger partial charge in [-0.05, 0) is 19.3 Å². The van der Waals surface area contributed by atoms with Crippen molar-refractivity contribution >= 4 is 13.7 Å². The number of aliphatic hydroxyl groups is 1. The summed E-state index contributed by atoms with van der Waals surface area (Å²) in [6, 6.07) is -0.845. The van der Waals surface area contributed by atoms with Crippen molar-refractivity contribution in [2.24, 2.45) is 0 Å². The van der Waals surface area contributed by atoms with Gasteiger partial charge in [-0.3, -0.25) is 13.8 Å². The van der Waals surface area contributed by atoms with Gasteiger partial charge in [0.05, 0.1) is 39.9 Å². The number of rotatable bonds is 75. The van der Waals surface area contributed by atoms with Crippen LogP contribution < -0.4 is 5.32 Å². The number of phosphoric ester groups is 1. The Bertz CT molecular complexity index is 1420. The topological polar surface area (TPSA) is 105 Å². The molecule has 0 spiro atoms. The molecule has 3 atom stereocenters. The zero-order valence-electron chi connectivity index (χ0n) is 59.8. The van der Waals surface area contributed by atoms with Crippen molar-refractivity contribution in [3.63, 3.8) is 0 Å². The summed E-state index contributed by atoms with van der Waals surface area (Å²) in [5.41, 5.74) is 0. The first-order chi connectivity index (χ1) is 42.5. The summed E-state index contributed by atoms with van der Waals surface area (Å²) in [6.45, 7) is 4.90. The second-order valence-electron chi connectivity index (χ2n) is 28.8. The lowest BCUT2D eigenvalue weighted by Gasteiger charge is -2.25. The van der Waals surface area contributed by atoms with Crippen molar-refractivity contribution < 1.29 is 32.9 Å². The van der Waals surface area contributed by atoms with Crippen LogP contribution in [0.15, 0.2) is 12.2 Å². The smallest absolute Gasteiger partial charge is 0.387 e. The van der Waals surface area contributed by atoms with Crippen molar-refractivity contribution in [3.05, 3.63) is 12.2 Å². The van der Waals surface area contributed by atoms with Crippen LogP contribution in [0.4, 0.5) is 0 Å². The van der Waals surface area contributed by atoms with Gasteiger partial charge in [0.15, 0.2) is 0 Å². The molecule has 9 heteroatoms. The summed E-state index contributed by atoms with van der Waals surface area (Å²) in [7, 11) is 1.60. The molecule has 520 valence electrons. The van der Waals surface area contributed by atoms with E-state index in [1.807, 2.05) is 27.2 Å². The highest BCUT2D eigenvalue weighted by Gasteiger charge is 2.28. The van der Waals surface area contributed by atoms with Crippen molar-refractivity contribution in [1.29, 1.82) is 0 Å². The zero-order chi connectivity index (χ0) is 63.4. The molecule has 0 aliphatic heterocycles. The summed E-state index contributed by atoms with van der Waals surface area (Å²) in [4.78, 5) is 23.5. The van der Waals surface area contributed by atoms with Crippen molar-refractivity contribution in [2.75, 3.05) is 40.9 Å². The van der Waals surface area contributed by atoms with E-state index in [0.717, 1.165) is 32.1 Å². The van der Waals surface area contributed by atoms with E-state index in [1.165, 1.54) is 379 Å². The number of carbonyl (C=O) groups is 1. The Kier molecular flexibility index (Phi) is 69.0. The maximum atomic E-state index is 13.1. The molecule has 8 nitrogen and oxygen atoms in total. The van der Waals surface area contributed by atoms with Crippen LogP contribution in [-0.4, -0.2) is 73.4 Å². The van der Waals surface area contributed by atoms with Crippen LogP contribution in [0.1, 0.15) is 431 Å². The van der Waals surface area contributed by atoms with Gasteiger partial charge in [-0.2, -0.15) is 0 Å². The second kappa shape index (κ2) is 69.6. The average molecular weight is 1250 g/mol. The molecule has 0 fully saturated rings. The number of phosphoric acid groups is 1. The summed E-state index contributed by atoms with van der Waals surface area (Å²) in [5.74, 6) is -0.165. The molecule has 0 aromatic rings. The van der Waals surface area contributed by atoms with Crippen LogP contribution in [0.2, 0.25) is 0 Å². The lowest BCUT2D eigenvalue weighted by molar-refractivity contribution is -0.870. The first kappa shape index (κ1) is 86.2. The van der Waals surface area contributed by atoms with Crippen LogP contribution in [-0.2, 0) is 18.4 Å². The maximum absolute atomic E-state index is 13.1. The molecule has 0 aromatic carbocycles. The molecule has 0 saturated carbocycles. The summed E-state index contributed by atoms with van der Waals surface area (Å²) in [5, 5.41) is 14.1. The minimum absolute atomic E-state index is 0.0657. The first-order valence-corrected chi connectivity index (χ1v) is 41.1. The maximum Gasteiger partial charge on any atom is 0.472 e. The standard InChI is InChI=1S/C78H157N2O6P/c1-6-8-10-12-14-16-18-20-22-24-26-28-30-32-34-36-38-39-40-42-44-46-48-50-52-54-56-58-60-62-64-66-68-70-72-78(82)79-76(75-86-87(83,84)85-74-73-80(3,4)5)77(81)71-69-67-65-63-61-59-57-55-53-51-49-47-45-43-41-37-35-33-31-29-27-25-23-21-19-17-15-13-11-9-7-2/h69,71,76-77,81H,6-68,70,72-75H2,1-5H3,(H-,79,82,83,84)/p+1/b71-69+. The molecule has 0 bridgehead atoms. The van der Waals surface area contributed by atoms with Crippen molar-refractivity contribution in [2.45, 2.75) is 443 Å². The van der Waals surface area contributed by atoms with Crippen LogP contribution in [0, 0.1) is 0 Å². The average Bonchev–Trinajstić information content (AvgIpc) is 3.70. The Hall–Kier alpha value is -0.760. The monoisotopic (exact) mass is 1250 g/mol. The molecule has 3 N–H and O–H groups in total. The molecular formula is C78H158N2O6P+. The number of hydrogen-bond acceptors (Lipinski definition) is 5. The zero-order valence-corrected chi connectivity index (χ0v) is 60.7. The fourth-order valence-electron chi connectivity index (χ4n) is 12.6. The van der Waals surface area contributed by atoms with Gasteiger partial charge in [-0.1, -0.05) is 418 Å². The van der Waals surface area contributed by atoms with E-state index in [9.17, 15) is 19.4 Å². The minimum Gasteiger partial charge on any atom is -0.387 e. The SMILES string of the molecule is CCCCCCCCCCCCCCCCCCCCCCCCCCCCCCC/C=C/C(O)C(COP(=O)(O)OCC[N+](C)(C)C)NC(=O)CCCCCCCCCCCCCCCCCCCCCCCCCCCCCCCCCCCC. The Morgan fingerprint density at radius 2 is 0.609 bits per heavy atom. The number of carbonyl (C=O) groups excluding carboxylic acids is 1. The van der Waals surface area contributed by atoms with E-state index < -0.39 is 20.0 Å². The summed E-state index contributed by atoms with van der Waals surface area (Å²) >= 11 is 0. The van der Waals surface area contributed by atoms with E-state index in [2.05, 4.69) is 19.2 Å². The number of quaternary nitrogens is 1. The molecule has 0 aliphatic carbocycles. The second-order valence-corrected chi connectivity index (χ2v) is 30.3. The predicted octanol–water partition coefficient (Wildman–Crippen LogP) is 25.6. The van der Waals surface area contributed by atoms with Crippen LogP contribution in [0.5, 0.6) is 0 Å². The fraction of sp³-hybridized carbons (Fsp3) is 0.962. The Balaban J connectivity index is 3.94. The summed E-state index contributed by atoms with van der Waals surface area (Å²) in [6.07, 6.45) is 91.2. The number of aliphatic hydroxyl groups excluding tert-OH is 1. The van der Waals surface area contributed by atoms with Gasteiger partial charge in [0, 0.05) is 6.42 Å². The highest BCUT2D eigenvalue weighted by atomic mass is 31.2. The molecule has 0 heterocycles. The Morgan fingerprint density at radius 3 is 0.851 bits per heavy atom. The number of nitrogens with zero attached hydrogens (tertiary/aromatic N) is 1. The van der Waals surface area contributed by atoms with Crippen molar-refractivity contribution in [1.82, 2.24) is 5.32 Å². The molecule has 1 amide bonds. The first-order valence-electron chi connectivity index (χ1n) is 39.6. The number of allylic oxidation sites excluding steroid dienone is 1. The van der Waals surface area contributed by atoms with Crippen LogP contribution in [0.25, 0.3) is 0 Å². The number of unbranched alkanes of at least 4 members (excludes halogenated alkanes) is 62. The van der Waals surface area contributed by atoms with E-state index >= 15 is 0 Å². The van der Waals surface area contributed by atoms with E-state index in [0.29, 0.717) is 17.4 Å². The third-order valence-corrected chi connectivity index (χ3v) is 19.7. The van der Waals surface area contributed by atoms with Gasteiger partial charge in [-0.25, -0.2) is 4.57 Å². The highest BCUT2D eigenvalue weighted by molar-refractivity contribution is 7.47. The molecule has 0 aromatic heterocycles. The molecular weight excluding hydrogens is 1090 g/mol. The van der Waals surface area contributed by atoms with Gasteiger partial charge >= 0.3 is 7.82 Å². The molecule has 0 radical (unpaired) electrons. The molecule has 0 aliphatic rings. The lowest BCUT2D eigenvalue weighted by Crippen LogP contribution is -2.45. The predicted molar refractivity (Wildman–Crippen MR) is 383 cm³/mol. The largest absolute Gasteiger partial charge is 0.472 e. The number of amides is 1. The van der Waals surface area contributed by atoms with E-state index in [4.69, 9.17) is 9.05 Å². The Labute approximate surface area is 545 Å². The molecule has 3 unspecified atom stereocenters. The quantitative estimate of drug-likeness (QED) is 0.0243. The van der Waals surface area contributed by atoms with Gasteiger partial charge in [0.2, 0.25) is 5.91 Å². The lowest BCUT2D eigenvalue weighted by atomic mass is 10.0. The van der Waals surface area contributed by atoms with Crippen LogP contribution >= 0.6 is 7.82 Å². The number of hydrogen-bond donors (Lipinski definition) is 3. The molecule has 0 rings (SSSR count). The van der Waals surface area contributed by atoms with Gasteiger partial charge in [-0.15, -0.1) is 0 Å². The molecule has 0 saturated heterocycles. The number of likely N-dealkylation sites (N-methyl/N-ethyl adjacent to an activating group) is 1. The van der Waals surface area contributed by atoms with Gasteiger partial charge < -0.3 is 19.8 Å². The van der Waals surface area contributed by atoms with Crippen LogP contribution in [0.3, 0.4) is 0 Å². The van der Waals surface area contributed by atoms with Gasteiger partial charge in [0.25, 0.3) is 0 Å². The van der Waals surface area contributed by atoms with Crippen molar-refractivity contribution in [3.8, 4) is 0 Å². The minimum atomic E-state index is -4.35. The van der Waals surface area contributed by atoms with E-state index in [-0.39, 0.29) is 19.1 Å². The highest BCUT2D eigenvalue weighted by Crippen LogP contribution is 2.43. The summed E-state index contributed by atoms with van der Waals surface area (Å²) < 4.78 is 23.9. The third-order valence-electron chi connectivity index (χ3n) is 18.8. The van der Waals surface area contributed by atoms with Gasteiger partial charge in [0.1, 0.15) is 13.2 Å². The molecule has 87 heavy (non-hydrogen) atoms. The normalized spacial score (nSPS) is 13.5.